The summed E-state index contributed by atoms with van der Waals surface area (Å²) in [7, 11) is 0. The lowest BCUT2D eigenvalue weighted by Crippen LogP contribution is -2.12. The molecule has 0 bridgehead atoms. The molecule has 0 aliphatic heterocycles. The summed E-state index contributed by atoms with van der Waals surface area (Å²) in [6.07, 6.45) is 2.11. The first-order valence-electron chi connectivity index (χ1n) is 5.20. The first-order valence-corrected chi connectivity index (χ1v) is 6.08. The fraction of sp³-hybridized carbons (Fsp3) is 0.167. The number of anilines is 1. The highest BCUT2D eigenvalue weighted by atomic mass is 32.1. The molecule has 0 aliphatic carbocycles. The number of carbonyl (C=O) groups excluding carboxylic acids is 1. The molecule has 88 valence electrons. The van der Waals surface area contributed by atoms with Crippen LogP contribution in [0.25, 0.3) is 0 Å². The third-order valence-corrected chi connectivity index (χ3v) is 3.27. The zero-order valence-corrected chi connectivity index (χ0v) is 10.1. The van der Waals surface area contributed by atoms with Crippen LogP contribution in [-0.2, 0) is 6.42 Å². The van der Waals surface area contributed by atoms with Crippen LogP contribution in [0.15, 0.2) is 29.8 Å². The maximum Gasteiger partial charge on any atom is 0.266 e. The van der Waals surface area contributed by atoms with Crippen LogP contribution in [0.1, 0.15) is 22.2 Å². The van der Waals surface area contributed by atoms with Gasteiger partial charge in [-0.05, 0) is 35.6 Å². The molecular formula is C12H11FN2OS. The third-order valence-electron chi connectivity index (χ3n) is 2.32. The number of nitrogens with zero attached hydrogens (tertiary/aromatic N) is 1. The summed E-state index contributed by atoms with van der Waals surface area (Å²) >= 11 is 1.40. The number of hydrogen-bond acceptors (Lipinski definition) is 3. The highest BCUT2D eigenvalue weighted by Crippen LogP contribution is 2.19. The van der Waals surface area contributed by atoms with Crippen LogP contribution in [0.3, 0.4) is 0 Å². The minimum Gasteiger partial charge on any atom is -0.320 e. The number of aryl methyl sites for hydroxylation is 1. The van der Waals surface area contributed by atoms with E-state index in [0.29, 0.717) is 10.6 Å². The van der Waals surface area contributed by atoms with Crippen molar-refractivity contribution in [3.8, 4) is 0 Å². The first kappa shape index (κ1) is 11.7. The highest BCUT2D eigenvalue weighted by Gasteiger charge is 2.12. The zero-order chi connectivity index (χ0) is 12.3. The third kappa shape index (κ3) is 2.68. The quantitative estimate of drug-likeness (QED) is 0.850. The number of aromatic nitrogens is 1. The Morgan fingerprint density at radius 3 is 2.94 bits per heavy atom. The van der Waals surface area contributed by atoms with E-state index in [9.17, 15) is 9.18 Å². The van der Waals surface area contributed by atoms with Gasteiger partial charge < -0.3 is 5.32 Å². The lowest BCUT2D eigenvalue weighted by atomic mass is 10.2. The van der Waals surface area contributed by atoms with Crippen LogP contribution in [0, 0.1) is 5.95 Å². The summed E-state index contributed by atoms with van der Waals surface area (Å²) in [5, 5.41) is 4.57. The van der Waals surface area contributed by atoms with Crippen LogP contribution in [0.4, 0.5) is 10.1 Å². The molecule has 2 aromatic rings. The SMILES string of the molecule is CCc1ccsc1C(=O)Nc1ccc(F)nc1. The fourth-order valence-electron chi connectivity index (χ4n) is 1.45. The average molecular weight is 250 g/mol. The van der Waals surface area contributed by atoms with Gasteiger partial charge in [0.1, 0.15) is 0 Å². The largest absolute Gasteiger partial charge is 0.320 e. The van der Waals surface area contributed by atoms with E-state index in [0.717, 1.165) is 12.0 Å². The summed E-state index contributed by atoms with van der Waals surface area (Å²) in [4.78, 5) is 16.1. The van der Waals surface area contributed by atoms with E-state index in [2.05, 4.69) is 10.3 Å². The number of nitrogens with one attached hydrogen (secondary N) is 1. The Kier molecular flexibility index (Phi) is 3.49. The van der Waals surface area contributed by atoms with Crippen LogP contribution in [-0.4, -0.2) is 10.9 Å². The van der Waals surface area contributed by atoms with Gasteiger partial charge in [0, 0.05) is 0 Å². The number of thiophene rings is 1. The summed E-state index contributed by atoms with van der Waals surface area (Å²) in [6.45, 7) is 2.00. The maximum atomic E-state index is 12.6. The Labute approximate surface area is 102 Å². The maximum absolute atomic E-state index is 12.6. The van der Waals surface area contributed by atoms with Gasteiger partial charge in [-0.1, -0.05) is 6.92 Å². The summed E-state index contributed by atoms with van der Waals surface area (Å²) in [5.41, 5.74) is 1.51. The van der Waals surface area contributed by atoms with E-state index in [1.54, 1.807) is 0 Å². The summed E-state index contributed by atoms with van der Waals surface area (Å²) in [6, 6.07) is 4.63. The zero-order valence-electron chi connectivity index (χ0n) is 9.24. The molecule has 0 unspecified atom stereocenters. The Balaban J connectivity index is 2.14. The predicted octanol–water partition coefficient (Wildman–Crippen LogP) is 3.10. The second kappa shape index (κ2) is 5.05. The second-order valence-corrected chi connectivity index (χ2v) is 4.37. The van der Waals surface area contributed by atoms with E-state index in [1.807, 2.05) is 18.4 Å². The first-order chi connectivity index (χ1) is 8.20. The predicted molar refractivity (Wildman–Crippen MR) is 65.8 cm³/mol. The lowest BCUT2D eigenvalue weighted by molar-refractivity contribution is 0.102. The van der Waals surface area contributed by atoms with Gasteiger partial charge in [-0.15, -0.1) is 11.3 Å². The normalized spacial score (nSPS) is 10.2. The van der Waals surface area contributed by atoms with E-state index < -0.39 is 5.95 Å². The molecule has 0 saturated heterocycles. The van der Waals surface area contributed by atoms with Gasteiger partial charge in [0.15, 0.2) is 0 Å². The van der Waals surface area contributed by atoms with E-state index in [1.165, 1.54) is 29.7 Å². The second-order valence-electron chi connectivity index (χ2n) is 3.45. The Hall–Kier alpha value is -1.75. The molecule has 0 aliphatic rings. The summed E-state index contributed by atoms with van der Waals surface area (Å²) < 4.78 is 12.6. The van der Waals surface area contributed by atoms with Crippen LogP contribution < -0.4 is 5.32 Å². The molecule has 17 heavy (non-hydrogen) atoms. The van der Waals surface area contributed by atoms with Gasteiger partial charge in [-0.2, -0.15) is 4.39 Å². The van der Waals surface area contributed by atoms with Gasteiger partial charge in [0.2, 0.25) is 5.95 Å². The molecule has 0 atom stereocenters. The molecule has 5 heteroatoms. The molecule has 0 saturated carbocycles. The molecule has 0 spiro atoms. The van der Waals surface area contributed by atoms with Crippen molar-refractivity contribution >= 4 is 22.9 Å². The van der Waals surface area contributed by atoms with Crippen molar-refractivity contribution in [3.63, 3.8) is 0 Å². The number of rotatable bonds is 3. The molecule has 1 amide bonds. The van der Waals surface area contributed by atoms with Crippen molar-refractivity contribution in [2.75, 3.05) is 5.32 Å². The molecule has 0 aromatic carbocycles. The number of halogens is 1. The highest BCUT2D eigenvalue weighted by molar-refractivity contribution is 7.12. The van der Waals surface area contributed by atoms with Crippen molar-refractivity contribution in [3.05, 3.63) is 46.2 Å². The van der Waals surface area contributed by atoms with E-state index >= 15 is 0 Å². The van der Waals surface area contributed by atoms with Gasteiger partial charge >= 0.3 is 0 Å². The Bertz CT molecular complexity index is 522. The van der Waals surface area contributed by atoms with Gasteiger partial charge in [-0.3, -0.25) is 4.79 Å². The standard InChI is InChI=1S/C12H11FN2OS/c1-2-8-5-6-17-11(8)12(16)15-9-3-4-10(13)14-7-9/h3-7H,2H2,1H3,(H,15,16). The van der Waals surface area contributed by atoms with Crippen LogP contribution >= 0.6 is 11.3 Å². The topological polar surface area (TPSA) is 42.0 Å². The Morgan fingerprint density at radius 2 is 2.29 bits per heavy atom. The number of amides is 1. The fourth-order valence-corrected chi connectivity index (χ4v) is 2.34. The number of carbonyl (C=O) groups is 1. The van der Waals surface area contributed by atoms with Crippen molar-refractivity contribution in [1.82, 2.24) is 4.98 Å². The molecule has 3 nitrogen and oxygen atoms in total. The monoisotopic (exact) mass is 250 g/mol. The molecule has 1 N–H and O–H groups in total. The van der Waals surface area contributed by atoms with Crippen LogP contribution in [0.5, 0.6) is 0 Å². The van der Waals surface area contributed by atoms with E-state index in [-0.39, 0.29) is 5.91 Å². The average Bonchev–Trinajstić information content (AvgIpc) is 2.80. The van der Waals surface area contributed by atoms with Gasteiger partial charge in [0.05, 0.1) is 16.8 Å². The van der Waals surface area contributed by atoms with Gasteiger partial charge in [0.25, 0.3) is 5.91 Å². The van der Waals surface area contributed by atoms with Crippen LogP contribution in [0.2, 0.25) is 0 Å². The summed E-state index contributed by atoms with van der Waals surface area (Å²) in [5.74, 6) is -0.737. The molecule has 2 aromatic heterocycles. The smallest absolute Gasteiger partial charge is 0.266 e. The van der Waals surface area contributed by atoms with Crippen molar-refractivity contribution in [2.24, 2.45) is 0 Å². The molecule has 0 fully saturated rings. The van der Waals surface area contributed by atoms with E-state index in [4.69, 9.17) is 0 Å². The minimum atomic E-state index is -0.562. The molecule has 2 rings (SSSR count). The molecule has 2 heterocycles. The molecule has 0 radical (unpaired) electrons. The van der Waals surface area contributed by atoms with Gasteiger partial charge in [-0.25, -0.2) is 4.98 Å². The van der Waals surface area contributed by atoms with Crippen molar-refractivity contribution < 1.29 is 9.18 Å². The molecular weight excluding hydrogens is 239 g/mol. The number of pyridine rings is 1. The lowest BCUT2D eigenvalue weighted by Gasteiger charge is -2.04. The number of hydrogen-bond donors (Lipinski definition) is 1. The van der Waals surface area contributed by atoms with Crippen molar-refractivity contribution in [2.45, 2.75) is 13.3 Å². The van der Waals surface area contributed by atoms with Crippen molar-refractivity contribution in [1.29, 1.82) is 0 Å². The Morgan fingerprint density at radius 1 is 1.47 bits per heavy atom. The minimum absolute atomic E-state index is 0.176.